The third kappa shape index (κ3) is 3.94. The zero-order chi connectivity index (χ0) is 21.4. The summed E-state index contributed by atoms with van der Waals surface area (Å²) in [5.41, 5.74) is -0.304. The van der Waals surface area contributed by atoms with E-state index in [-0.39, 0.29) is 22.1 Å². The van der Waals surface area contributed by atoms with Gasteiger partial charge in [-0.15, -0.1) is 0 Å². The molecular formula is C21H18ClF2N3O2S. The number of aromatic nitrogens is 2. The third-order valence-electron chi connectivity index (χ3n) is 5.00. The molecule has 1 fully saturated rings. The van der Waals surface area contributed by atoms with Crippen LogP contribution in [-0.2, 0) is 4.79 Å². The fourth-order valence-corrected chi connectivity index (χ4v) is 4.67. The van der Waals surface area contributed by atoms with Crippen LogP contribution in [0.5, 0.6) is 0 Å². The Labute approximate surface area is 180 Å². The van der Waals surface area contributed by atoms with Crippen molar-refractivity contribution in [3.63, 3.8) is 0 Å². The molecule has 0 spiro atoms. The molecule has 2 heterocycles. The van der Waals surface area contributed by atoms with Gasteiger partial charge in [-0.1, -0.05) is 23.4 Å². The minimum atomic E-state index is -0.902. The molecule has 0 aliphatic carbocycles. The van der Waals surface area contributed by atoms with Gasteiger partial charge in [0.15, 0.2) is 5.16 Å². The molecule has 0 bridgehead atoms. The van der Waals surface area contributed by atoms with E-state index in [1.807, 2.05) is 0 Å². The van der Waals surface area contributed by atoms with Crippen molar-refractivity contribution in [2.75, 3.05) is 13.1 Å². The Kier molecular flexibility index (Phi) is 5.79. The number of nitrogens with zero attached hydrogens (tertiary/aromatic N) is 3. The average Bonchev–Trinajstić information content (AvgIpc) is 3.24. The number of rotatable bonds is 4. The highest BCUT2D eigenvalue weighted by molar-refractivity contribution is 8.00. The second-order valence-corrected chi connectivity index (χ2v) is 8.83. The van der Waals surface area contributed by atoms with Crippen molar-refractivity contribution in [3.05, 3.63) is 63.4 Å². The summed E-state index contributed by atoms with van der Waals surface area (Å²) in [6.45, 7) is 3.13. The Morgan fingerprint density at radius 3 is 2.60 bits per heavy atom. The Balaban J connectivity index is 1.85. The van der Waals surface area contributed by atoms with Crippen LogP contribution >= 0.6 is 23.4 Å². The van der Waals surface area contributed by atoms with E-state index in [0.717, 1.165) is 35.2 Å². The predicted molar refractivity (Wildman–Crippen MR) is 113 cm³/mol. The van der Waals surface area contributed by atoms with Crippen LogP contribution in [0, 0.1) is 11.6 Å². The first-order valence-corrected chi connectivity index (χ1v) is 10.7. The Morgan fingerprint density at radius 2 is 1.90 bits per heavy atom. The Morgan fingerprint density at radius 1 is 1.17 bits per heavy atom. The van der Waals surface area contributed by atoms with E-state index in [4.69, 9.17) is 11.6 Å². The zero-order valence-corrected chi connectivity index (χ0v) is 17.6. The number of halogens is 3. The summed E-state index contributed by atoms with van der Waals surface area (Å²) in [6.07, 6.45) is 1.92. The lowest BCUT2D eigenvalue weighted by molar-refractivity contribution is -0.129. The van der Waals surface area contributed by atoms with Crippen LogP contribution in [0.4, 0.5) is 8.78 Å². The quantitative estimate of drug-likeness (QED) is 0.437. The first kappa shape index (κ1) is 20.8. The van der Waals surface area contributed by atoms with Gasteiger partial charge in [-0.05, 0) is 50.1 Å². The lowest BCUT2D eigenvalue weighted by Crippen LogP contribution is -2.34. The molecule has 4 rings (SSSR count). The molecule has 1 aliphatic rings. The lowest BCUT2D eigenvalue weighted by atomic mass is 10.2. The second-order valence-electron chi connectivity index (χ2n) is 7.08. The average molecular weight is 450 g/mol. The number of hydrogen-bond acceptors (Lipinski definition) is 4. The van der Waals surface area contributed by atoms with Crippen LogP contribution in [-0.4, -0.2) is 38.7 Å². The fraction of sp³-hybridized carbons (Fsp3) is 0.286. The van der Waals surface area contributed by atoms with E-state index < -0.39 is 22.4 Å². The van der Waals surface area contributed by atoms with Gasteiger partial charge in [-0.25, -0.2) is 13.8 Å². The topological polar surface area (TPSA) is 55.2 Å². The fourth-order valence-electron chi connectivity index (χ4n) is 3.49. The largest absolute Gasteiger partial charge is 0.342 e. The summed E-state index contributed by atoms with van der Waals surface area (Å²) >= 11 is 7.10. The van der Waals surface area contributed by atoms with E-state index in [1.54, 1.807) is 24.0 Å². The molecule has 1 atom stereocenters. The van der Waals surface area contributed by atoms with Crippen LogP contribution < -0.4 is 5.56 Å². The van der Waals surface area contributed by atoms with Gasteiger partial charge >= 0.3 is 0 Å². The summed E-state index contributed by atoms with van der Waals surface area (Å²) in [5, 5.41) is 0.162. The van der Waals surface area contributed by atoms with E-state index in [2.05, 4.69) is 4.98 Å². The number of likely N-dealkylation sites (tertiary alicyclic amines) is 1. The van der Waals surface area contributed by atoms with Gasteiger partial charge in [0.2, 0.25) is 5.91 Å². The second kappa shape index (κ2) is 8.35. The van der Waals surface area contributed by atoms with Crippen LogP contribution in [0.3, 0.4) is 0 Å². The van der Waals surface area contributed by atoms with Crippen molar-refractivity contribution >= 4 is 40.2 Å². The van der Waals surface area contributed by atoms with E-state index in [1.165, 1.54) is 12.1 Å². The maximum absolute atomic E-state index is 14.6. The number of thioether (sulfide) groups is 1. The van der Waals surface area contributed by atoms with Crippen molar-refractivity contribution in [1.82, 2.24) is 14.5 Å². The molecule has 0 N–H and O–H groups in total. The maximum Gasteiger partial charge on any atom is 0.266 e. The minimum absolute atomic E-state index is 0.0610. The Bertz CT molecular complexity index is 1190. The number of carbonyl (C=O) groups excluding carboxylic acids is 1. The van der Waals surface area contributed by atoms with Crippen molar-refractivity contribution in [3.8, 4) is 5.69 Å². The molecule has 1 saturated heterocycles. The van der Waals surface area contributed by atoms with E-state index >= 15 is 0 Å². The Hall–Kier alpha value is -2.45. The van der Waals surface area contributed by atoms with Gasteiger partial charge in [-0.3, -0.25) is 14.2 Å². The highest BCUT2D eigenvalue weighted by atomic mass is 35.5. The third-order valence-corrected chi connectivity index (χ3v) is 6.27. The molecule has 1 unspecified atom stereocenters. The van der Waals surface area contributed by atoms with Crippen molar-refractivity contribution in [2.24, 2.45) is 0 Å². The number of hydrogen-bond donors (Lipinski definition) is 0. The minimum Gasteiger partial charge on any atom is -0.342 e. The monoisotopic (exact) mass is 449 g/mol. The van der Waals surface area contributed by atoms with Crippen molar-refractivity contribution in [1.29, 1.82) is 0 Å². The number of carbonyl (C=O) groups is 1. The normalized spacial score (nSPS) is 15.0. The lowest BCUT2D eigenvalue weighted by Gasteiger charge is -2.21. The van der Waals surface area contributed by atoms with Gasteiger partial charge in [-0.2, -0.15) is 0 Å². The maximum atomic E-state index is 14.6. The van der Waals surface area contributed by atoms with Gasteiger partial charge in [0, 0.05) is 24.2 Å². The number of fused-ring (bicyclic) bond motifs is 1. The van der Waals surface area contributed by atoms with Gasteiger partial charge < -0.3 is 4.90 Å². The first-order valence-electron chi connectivity index (χ1n) is 9.48. The molecule has 3 aromatic rings. The molecule has 156 valence electrons. The van der Waals surface area contributed by atoms with Gasteiger partial charge in [0.05, 0.1) is 21.8 Å². The summed E-state index contributed by atoms with van der Waals surface area (Å²) in [7, 11) is 0. The molecule has 0 radical (unpaired) electrons. The van der Waals surface area contributed by atoms with E-state index in [0.29, 0.717) is 29.7 Å². The summed E-state index contributed by atoms with van der Waals surface area (Å²) in [5.74, 6) is -1.72. The van der Waals surface area contributed by atoms with Crippen molar-refractivity contribution < 1.29 is 13.6 Å². The van der Waals surface area contributed by atoms with Crippen LogP contribution in [0.2, 0.25) is 5.02 Å². The number of amides is 1. The van der Waals surface area contributed by atoms with Crippen LogP contribution in [0.15, 0.2) is 46.3 Å². The highest BCUT2D eigenvalue weighted by Crippen LogP contribution is 2.28. The molecular weight excluding hydrogens is 432 g/mol. The molecule has 2 aromatic carbocycles. The summed E-state index contributed by atoms with van der Waals surface area (Å²) in [4.78, 5) is 32.3. The summed E-state index contributed by atoms with van der Waals surface area (Å²) < 4.78 is 29.1. The van der Waals surface area contributed by atoms with E-state index in [9.17, 15) is 18.4 Å². The molecule has 1 aromatic heterocycles. The molecule has 1 amide bonds. The number of benzene rings is 2. The van der Waals surface area contributed by atoms with Crippen molar-refractivity contribution in [2.45, 2.75) is 30.2 Å². The molecule has 1 aliphatic heterocycles. The van der Waals surface area contributed by atoms with Gasteiger partial charge in [0.25, 0.3) is 5.56 Å². The smallest absolute Gasteiger partial charge is 0.266 e. The standard InChI is InChI=1S/C21H18ClF2N3O2S/c1-12(19(28)26-8-2-3-9-26)30-21-25-17-6-4-13(22)10-15(17)20(29)27(21)18-7-5-14(23)11-16(18)24/h4-7,10-12H,2-3,8-9H2,1H3. The van der Waals surface area contributed by atoms with Crippen LogP contribution in [0.25, 0.3) is 16.6 Å². The predicted octanol–water partition coefficient (Wildman–Crippen LogP) is 4.42. The summed E-state index contributed by atoms with van der Waals surface area (Å²) in [6, 6.07) is 7.61. The molecule has 30 heavy (non-hydrogen) atoms. The molecule has 9 heteroatoms. The van der Waals surface area contributed by atoms with Crippen LogP contribution in [0.1, 0.15) is 19.8 Å². The SMILES string of the molecule is CC(Sc1nc2ccc(Cl)cc2c(=O)n1-c1ccc(F)cc1F)C(=O)N1CCCC1. The van der Waals surface area contributed by atoms with Gasteiger partial charge in [0.1, 0.15) is 11.6 Å². The molecule has 5 nitrogen and oxygen atoms in total. The first-order chi connectivity index (χ1) is 14.3. The highest BCUT2D eigenvalue weighted by Gasteiger charge is 2.26. The zero-order valence-electron chi connectivity index (χ0n) is 16.1. The molecule has 0 saturated carbocycles.